The first-order valence-corrected chi connectivity index (χ1v) is 8.11. The number of piperazine rings is 1. The number of terminal acetylenes is 1. The number of hydrogen-bond donors (Lipinski definition) is 1. The van der Waals surface area contributed by atoms with Crippen molar-refractivity contribution in [2.24, 2.45) is 0 Å². The zero-order valence-electron chi connectivity index (χ0n) is 11.3. The molecule has 1 aliphatic heterocycles. The van der Waals surface area contributed by atoms with E-state index in [1.807, 2.05) is 0 Å². The lowest BCUT2D eigenvalue weighted by molar-refractivity contribution is 0.207. The zero-order valence-corrected chi connectivity index (χ0v) is 12.1. The second kappa shape index (κ2) is 6.27. The molecule has 0 saturated carbocycles. The highest BCUT2D eigenvalue weighted by Gasteiger charge is 2.27. The zero-order chi connectivity index (χ0) is 14.6. The van der Waals surface area contributed by atoms with Crippen molar-refractivity contribution in [3.8, 4) is 12.3 Å². The Morgan fingerprint density at radius 1 is 1.20 bits per heavy atom. The van der Waals surface area contributed by atoms with E-state index in [-0.39, 0.29) is 5.75 Å². The molecule has 0 aliphatic carbocycles. The molecule has 2 N–H and O–H groups in total. The van der Waals surface area contributed by atoms with Crippen molar-refractivity contribution in [2.45, 2.75) is 5.75 Å². The fraction of sp³-hybridized carbons (Fsp3) is 0.429. The number of nitrogens with zero attached hydrogens (tertiary/aromatic N) is 2. The van der Waals surface area contributed by atoms with Crippen molar-refractivity contribution in [1.82, 2.24) is 9.21 Å². The van der Waals surface area contributed by atoms with Crippen LogP contribution < -0.4 is 5.73 Å². The van der Waals surface area contributed by atoms with E-state index >= 15 is 0 Å². The Morgan fingerprint density at radius 3 is 2.45 bits per heavy atom. The Bertz CT molecular complexity index is 599. The average Bonchev–Trinajstić information content (AvgIpc) is 2.42. The molecule has 0 atom stereocenters. The Morgan fingerprint density at radius 2 is 1.85 bits per heavy atom. The van der Waals surface area contributed by atoms with Gasteiger partial charge in [0.05, 0.1) is 12.3 Å². The van der Waals surface area contributed by atoms with Crippen LogP contribution in [0.2, 0.25) is 0 Å². The molecule has 0 spiro atoms. The van der Waals surface area contributed by atoms with Crippen LogP contribution in [0.15, 0.2) is 24.3 Å². The van der Waals surface area contributed by atoms with Gasteiger partial charge >= 0.3 is 0 Å². The van der Waals surface area contributed by atoms with Gasteiger partial charge in [0.25, 0.3) is 0 Å². The van der Waals surface area contributed by atoms with Crippen LogP contribution in [0.4, 0.5) is 5.69 Å². The van der Waals surface area contributed by atoms with Gasteiger partial charge in [-0.25, -0.2) is 8.42 Å². The van der Waals surface area contributed by atoms with Crippen LogP contribution in [0.5, 0.6) is 0 Å². The molecule has 1 saturated heterocycles. The summed E-state index contributed by atoms with van der Waals surface area (Å²) in [5, 5.41) is 0. The van der Waals surface area contributed by atoms with Gasteiger partial charge in [0.1, 0.15) is 0 Å². The minimum Gasteiger partial charge on any atom is -0.398 e. The lowest BCUT2D eigenvalue weighted by atomic mass is 10.2. The molecule has 5 nitrogen and oxygen atoms in total. The number of sulfonamides is 1. The molecule has 1 aromatic rings. The van der Waals surface area contributed by atoms with E-state index in [0.717, 1.165) is 0 Å². The Kier molecular flexibility index (Phi) is 4.65. The molecule has 0 radical (unpaired) electrons. The normalized spacial score (nSPS) is 17.8. The van der Waals surface area contributed by atoms with Crippen LogP contribution in [0.1, 0.15) is 5.56 Å². The highest BCUT2D eigenvalue weighted by molar-refractivity contribution is 7.88. The van der Waals surface area contributed by atoms with Crippen molar-refractivity contribution >= 4 is 15.7 Å². The van der Waals surface area contributed by atoms with Crippen LogP contribution in [-0.4, -0.2) is 50.3 Å². The minimum atomic E-state index is -3.32. The predicted octanol–water partition coefficient (Wildman–Crippen LogP) is 0.349. The number of hydrogen-bond acceptors (Lipinski definition) is 4. The largest absolute Gasteiger partial charge is 0.398 e. The molecule has 108 valence electrons. The molecule has 0 bridgehead atoms. The van der Waals surface area contributed by atoms with Gasteiger partial charge in [0, 0.05) is 31.9 Å². The summed E-state index contributed by atoms with van der Waals surface area (Å²) >= 11 is 0. The molecule has 0 amide bonds. The monoisotopic (exact) mass is 293 g/mol. The number of benzene rings is 1. The van der Waals surface area contributed by atoms with E-state index in [9.17, 15) is 8.42 Å². The van der Waals surface area contributed by atoms with E-state index in [1.54, 1.807) is 24.3 Å². The Labute approximate surface area is 120 Å². The molecule has 0 aromatic heterocycles. The van der Waals surface area contributed by atoms with E-state index in [4.69, 9.17) is 12.2 Å². The van der Waals surface area contributed by atoms with Crippen LogP contribution in [0.3, 0.4) is 0 Å². The summed E-state index contributed by atoms with van der Waals surface area (Å²) in [6, 6.07) is 7.06. The van der Waals surface area contributed by atoms with E-state index in [2.05, 4.69) is 10.8 Å². The van der Waals surface area contributed by atoms with Gasteiger partial charge < -0.3 is 5.73 Å². The SMILES string of the molecule is C#CCN1CCN(S(=O)(=O)Cc2ccccc2N)CC1. The Hall–Kier alpha value is -1.55. The third kappa shape index (κ3) is 3.51. The topological polar surface area (TPSA) is 66.6 Å². The summed E-state index contributed by atoms with van der Waals surface area (Å²) in [6.07, 6.45) is 5.26. The van der Waals surface area contributed by atoms with Gasteiger partial charge in [-0.1, -0.05) is 24.1 Å². The maximum atomic E-state index is 12.4. The first-order chi connectivity index (χ1) is 9.53. The lowest BCUT2D eigenvalue weighted by Crippen LogP contribution is -2.48. The molecule has 1 heterocycles. The van der Waals surface area contributed by atoms with Crippen LogP contribution in [0, 0.1) is 12.3 Å². The second-order valence-corrected chi connectivity index (χ2v) is 6.80. The van der Waals surface area contributed by atoms with E-state index in [1.165, 1.54) is 4.31 Å². The first-order valence-electron chi connectivity index (χ1n) is 6.50. The third-order valence-electron chi connectivity index (χ3n) is 3.43. The van der Waals surface area contributed by atoms with Gasteiger partial charge in [0.2, 0.25) is 10.0 Å². The van der Waals surface area contributed by atoms with Crippen molar-refractivity contribution in [3.05, 3.63) is 29.8 Å². The maximum Gasteiger partial charge on any atom is 0.218 e. The molecule has 1 fully saturated rings. The molecular weight excluding hydrogens is 274 g/mol. The van der Waals surface area contributed by atoms with Gasteiger partial charge in [-0.3, -0.25) is 4.90 Å². The molecular formula is C14H19N3O2S. The number of nitrogen functional groups attached to an aromatic ring is 1. The molecule has 1 aliphatic rings. The molecule has 6 heteroatoms. The fourth-order valence-corrected chi connectivity index (χ4v) is 3.81. The summed E-state index contributed by atoms with van der Waals surface area (Å²) in [6.45, 7) is 2.88. The fourth-order valence-electron chi connectivity index (χ4n) is 2.25. The number of nitrogens with two attached hydrogens (primary N) is 1. The smallest absolute Gasteiger partial charge is 0.218 e. The van der Waals surface area contributed by atoms with Crippen molar-refractivity contribution in [3.63, 3.8) is 0 Å². The standard InChI is InChI=1S/C14H19N3O2S/c1-2-7-16-8-10-17(11-9-16)20(18,19)12-13-5-3-4-6-14(13)15/h1,3-6H,7-12,15H2. The average molecular weight is 293 g/mol. The first kappa shape index (κ1) is 14.9. The van der Waals surface area contributed by atoms with Crippen LogP contribution in [0.25, 0.3) is 0 Å². The minimum absolute atomic E-state index is 0.0468. The van der Waals surface area contributed by atoms with Gasteiger partial charge in [-0.2, -0.15) is 4.31 Å². The second-order valence-electron chi connectivity index (χ2n) is 4.83. The number of rotatable bonds is 4. The number of anilines is 1. The van der Waals surface area contributed by atoms with Crippen LogP contribution >= 0.6 is 0 Å². The molecule has 2 rings (SSSR count). The van der Waals surface area contributed by atoms with Crippen LogP contribution in [-0.2, 0) is 15.8 Å². The molecule has 0 unspecified atom stereocenters. The highest BCUT2D eigenvalue weighted by Crippen LogP contribution is 2.18. The third-order valence-corrected chi connectivity index (χ3v) is 5.26. The molecule has 1 aromatic carbocycles. The summed E-state index contributed by atoms with van der Waals surface area (Å²) in [5.74, 6) is 2.53. The highest BCUT2D eigenvalue weighted by atomic mass is 32.2. The predicted molar refractivity (Wildman–Crippen MR) is 80.3 cm³/mol. The lowest BCUT2D eigenvalue weighted by Gasteiger charge is -2.32. The number of para-hydroxylation sites is 1. The van der Waals surface area contributed by atoms with Gasteiger partial charge in [-0.05, 0) is 11.6 Å². The van der Waals surface area contributed by atoms with E-state index in [0.29, 0.717) is 44.0 Å². The Balaban J connectivity index is 2.02. The van der Waals surface area contributed by atoms with Crippen molar-refractivity contribution in [2.75, 3.05) is 38.5 Å². The van der Waals surface area contributed by atoms with Gasteiger partial charge in [0.15, 0.2) is 0 Å². The summed E-state index contributed by atoms with van der Waals surface area (Å²) in [4.78, 5) is 2.07. The quantitative estimate of drug-likeness (QED) is 0.642. The summed E-state index contributed by atoms with van der Waals surface area (Å²) in [7, 11) is -3.32. The summed E-state index contributed by atoms with van der Waals surface area (Å²) in [5.41, 5.74) is 6.97. The van der Waals surface area contributed by atoms with E-state index < -0.39 is 10.0 Å². The van der Waals surface area contributed by atoms with Crippen molar-refractivity contribution < 1.29 is 8.42 Å². The summed E-state index contributed by atoms with van der Waals surface area (Å²) < 4.78 is 26.3. The molecule has 20 heavy (non-hydrogen) atoms. The van der Waals surface area contributed by atoms with Crippen molar-refractivity contribution in [1.29, 1.82) is 0 Å². The maximum absolute atomic E-state index is 12.4. The van der Waals surface area contributed by atoms with Gasteiger partial charge in [-0.15, -0.1) is 6.42 Å².